The Kier molecular flexibility index (Phi) is 4.10. The smallest absolute Gasteiger partial charge is 0.245 e. The van der Waals surface area contributed by atoms with Gasteiger partial charge >= 0.3 is 0 Å². The average Bonchev–Trinajstić information content (AvgIpc) is 2.98. The molecule has 0 radical (unpaired) electrons. The van der Waals surface area contributed by atoms with Gasteiger partial charge in [-0.15, -0.1) is 5.10 Å². The molecule has 0 aromatic carbocycles. The number of nitrogens with one attached hydrogen (secondary N) is 2. The first-order valence-corrected chi connectivity index (χ1v) is 7.19. The number of hydrogen-bond donors (Lipinski definition) is 2. The number of halogens is 1. The number of aromatic nitrogens is 4. The van der Waals surface area contributed by atoms with Gasteiger partial charge in [-0.2, -0.15) is 4.98 Å². The van der Waals surface area contributed by atoms with Crippen molar-refractivity contribution in [1.29, 1.82) is 0 Å². The third-order valence-corrected chi connectivity index (χ3v) is 3.80. The molecular weight excluding hydrogens is 271 g/mol. The van der Waals surface area contributed by atoms with Crippen LogP contribution in [-0.2, 0) is 0 Å². The molecule has 1 fully saturated rings. The van der Waals surface area contributed by atoms with E-state index in [9.17, 15) is 4.39 Å². The normalized spacial score (nSPS) is 19.0. The Morgan fingerprint density at radius 3 is 3.24 bits per heavy atom. The summed E-state index contributed by atoms with van der Waals surface area (Å²) in [6, 6.07) is 1.60. The van der Waals surface area contributed by atoms with Crippen molar-refractivity contribution in [3.8, 4) is 11.4 Å². The van der Waals surface area contributed by atoms with E-state index in [0.717, 1.165) is 26.1 Å². The summed E-state index contributed by atoms with van der Waals surface area (Å²) >= 11 is 0. The van der Waals surface area contributed by atoms with Crippen molar-refractivity contribution in [3.05, 3.63) is 24.3 Å². The molecular formula is C14H19FN6. The lowest BCUT2D eigenvalue weighted by Gasteiger charge is -2.31. The van der Waals surface area contributed by atoms with Crippen molar-refractivity contribution in [2.75, 3.05) is 31.6 Å². The Morgan fingerprint density at radius 2 is 2.43 bits per heavy atom. The number of hydrogen-bond acceptors (Lipinski definition) is 5. The van der Waals surface area contributed by atoms with Gasteiger partial charge in [-0.25, -0.2) is 4.39 Å². The molecule has 1 atom stereocenters. The van der Waals surface area contributed by atoms with Gasteiger partial charge in [0, 0.05) is 19.3 Å². The molecule has 0 spiro atoms. The molecule has 2 N–H and O–H groups in total. The van der Waals surface area contributed by atoms with Gasteiger partial charge in [0.15, 0.2) is 11.6 Å². The molecule has 3 rings (SSSR count). The quantitative estimate of drug-likeness (QED) is 0.891. The van der Waals surface area contributed by atoms with E-state index in [1.54, 1.807) is 12.3 Å². The van der Waals surface area contributed by atoms with Crippen molar-refractivity contribution in [3.63, 3.8) is 0 Å². The standard InChI is InChI=1S/C14H19FN6/c1-16-7-10-3-2-6-21(9-10)14-18-13(19-20-14)11-4-5-17-8-12(11)15/h4-5,8,10,16H,2-3,6-7,9H2,1H3,(H,18,19,20). The zero-order valence-electron chi connectivity index (χ0n) is 12.0. The summed E-state index contributed by atoms with van der Waals surface area (Å²) in [5, 5.41) is 10.3. The maximum absolute atomic E-state index is 13.7. The Labute approximate surface area is 122 Å². The Bertz CT molecular complexity index is 597. The fourth-order valence-corrected chi connectivity index (χ4v) is 2.78. The van der Waals surface area contributed by atoms with Crippen LogP contribution in [0.1, 0.15) is 12.8 Å². The number of rotatable bonds is 4. The summed E-state index contributed by atoms with van der Waals surface area (Å²) in [6.07, 6.45) is 5.07. The Hall–Kier alpha value is -2.02. The molecule has 7 heteroatoms. The highest BCUT2D eigenvalue weighted by atomic mass is 19.1. The van der Waals surface area contributed by atoms with Crippen LogP contribution in [0.3, 0.4) is 0 Å². The largest absolute Gasteiger partial charge is 0.339 e. The summed E-state index contributed by atoms with van der Waals surface area (Å²) in [4.78, 5) is 10.3. The zero-order chi connectivity index (χ0) is 14.7. The average molecular weight is 290 g/mol. The lowest BCUT2D eigenvalue weighted by Crippen LogP contribution is -2.39. The molecule has 3 heterocycles. The number of nitrogens with zero attached hydrogens (tertiary/aromatic N) is 4. The first kappa shape index (κ1) is 13.9. The van der Waals surface area contributed by atoms with Crippen molar-refractivity contribution in [2.45, 2.75) is 12.8 Å². The van der Waals surface area contributed by atoms with Gasteiger partial charge in [0.05, 0.1) is 11.8 Å². The fourth-order valence-electron chi connectivity index (χ4n) is 2.78. The van der Waals surface area contributed by atoms with E-state index in [2.05, 4.69) is 30.4 Å². The fraction of sp³-hybridized carbons (Fsp3) is 0.500. The second-order valence-corrected chi connectivity index (χ2v) is 5.35. The molecule has 112 valence electrons. The molecule has 1 aliphatic rings. The van der Waals surface area contributed by atoms with Crippen molar-refractivity contribution >= 4 is 5.95 Å². The van der Waals surface area contributed by atoms with Crippen LogP contribution >= 0.6 is 0 Å². The van der Waals surface area contributed by atoms with Crippen LogP contribution in [0, 0.1) is 11.7 Å². The second kappa shape index (κ2) is 6.17. The van der Waals surface area contributed by atoms with E-state index in [-0.39, 0.29) is 0 Å². The molecule has 0 saturated carbocycles. The highest BCUT2D eigenvalue weighted by molar-refractivity contribution is 5.56. The first-order valence-electron chi connectivity index (χ1n) is 7.19. The highest BCUT2D eigenvalue weighted by Gasteiger charge is 2.22. The summed E-state index contributed by atoms with van der Waals surface area (Å²) in [6.45, 7) is 2.86. The van der Waals surface area contributed by atoms with Crippen LogP contribution in [0.25, 0.3) is 11.4 Å². The monoisotopic (exact) mass is 290 g/mol. The molecule has 2 aromatic rings. The van der Waals surface area contributed by atoms with E-state index in [1.165, 1.54) is 12.6 Å². The van der Waals surface area contributed by atoms with E-state index >= 15 is 0 Å². The van der Waals surface area contributed by atoms with Gasteiger partial charge in [-0.05, 0) is 38.4 Å². The van der Waals surface area contributed by atoms with Gasteiger partial charge in [-0.1, -0.05) is 0 Å². The number of anilines is 1. The minimum absolute atomic E-state index is 0.396. The van der Waals surface area contributed by atoms with Gasteiger partial charge in [-0.3, -0.25) is 10.1 Å². The second-order valence-electron chi connectivity index (χ2n) is 5.35. The number of H-pyrrole nitrogens is 1. The third-order valence-electron chi connectivity index (χ3n) is 3.80. The van der Waals surface area contributed by atoms with E-state index in [1.807, 2.05) is 7.05 Å². The molecule has 1 saturated heterocycles. The minimum atomic E-state index is -0.396. The SMILES string of the molecule is CNCC1CCCN(c2n[nH]c(-c3ccncc3F)n2)C1. The molecule has 2 aromatic heterocycles. The van der Waals surface area contributed by atoms with Crippen LogP contribution in [0.2, 0.25) is 0 Å². The maximum Gasteiger partial charge on any atom is 0.245 e. The van der Waals surface area contributed by atoms with Crippen molar-refractivity contribution in [1.82, 2.24) is 25.5 Å². The minimum Gasteiger partial charge on any atom is -0.339 e. The molecule has 1 aliphatic heterocycles. The first-order chi connectivity index (χ1) is 10.3. The lowest BCUT2D eigenvalue weighted by molar-refractivity contribution is 0.399. The summed E-state index contributed by atoms with van der Waals surface area (Å²) in [7, 11) is 1.97. The zero-order valence-corrected chi connectivity index (χ0v) is 12.0. The number of pyridine rings is 1. The van der Waals surface area contributed by atoms with E-state index in [0.29, 0.717) is 23.3 Å². The molecule has 1 unspecified atom stereocenters. The molecule has 6 nitrogen and oxygen atoms in total. The molecule has 21 heavy (non-hydrogen) atoms. The van der Waals surface area contributed by atoms with Crippen LogP contribution in [-0.4, -0.2) is 46.8 Å². The van der Waals surface area contributed by atoms with Gasteiger partial charge in [0.2, 0.25) is 5.95 Å². The van der Waals surface area contributed by atoms with Crippen LogP contribution in [0.5, 0.6) is 0 Å². The summed E-state index contributed by atoms with van der Waals surface area (Å²) in [5.74, 6) is 1.29. The third kappa shape index (κ3) is 3.02. The van der Waals surface area contributed by atoms with E-state index in [4.69, 9.17) is 0 Å². The topological polar surface area (TPSA) is 69.7 Å². The van der Waals surface area contributed by atoms with Gasteiger partial charge in [0.1, 0.15) is 0 Å². The molecule has 0 amide bonds. The highest BCUT2D eigenvalue weighted by Crippen LogP contribution is 2.23. The Balaban J connectivity index is 1.77. The number of piperidine rings is 1. The molecule has 0 bridgehead atoms. The van der Waals surface area contributed by atoms with Gasteiger partial charge in [0.25, 0.3) is 0 Å². The predicted molar refractivity (Wildman–Crippen MR) is 78.4 cm³/mol. The van der Waals surface area contributed by atoms with Crippen molar-refractivity contribution in [2.24, 2.45) is 5.92 Å². The maximum atomic E-state index is 13.7. The van der Waals surface area contributed by atoms with Crippen molar-refractivity contribution < 1.29 is 4.39 Å². The lowest BCUT2D eigenvalue weighted by atomic mass is 9.98. The predicted octanol–water partition coefficient (Wildman–Crippen LogP) is 1.44. The van der Waals surface area contributed by atoms with Crippen LogP contribution < -0.4 is 10.2 Å². The molecule has 0 aliphatic carbocycles. The van der Waals surface area contributed by atoms with Crippen LogP contribution in [0.15, 0.2) is 18.5 Å². The number of aromatic amines is 1. The summed E-state index contributed by atoms with van der Waals surface area (Å²) < 4.78 is 13.7. The van der Waals surface area contributed by atoms with Gasteiger partial charge < -0.3 is 10.2 Å². The van der Waals surface area contributed by atoms with E-state index < -0.39 is 5.82 Å². The van der Waals surface area contributed by atoms with Crippen LogP contribution in [0.4, 0.5) is 10.3 Å². The Morgan fingerprint density at radius 1 is 1.52 bits per heavy atom. The summed E-state index contributed by atoms with van der Waals surface area (Å²) in [5.41, 5.74) is 0.396.